The van der Waals surface area contributed by atoms with Crippen LogP contribution in [0.4, 0.5) is 8.78 Å². The van der Waals surface area contributed by atoms with E-state index in [2.05, 4.69) is 34.5 Å². The molecule has 0 aromatic heterocycles. The van der Waals surface area contributed by atoms with Crippen molar-refractivity contribution in [2.45, 2.75) is 76.2 Å². The molecule has 44 heavy (non-hydrogen) atoms. The Bertz CT molecular complexity index is 1610. The number of nitrogens with zero attached hydrogens (tertiary/aromatic N) is 2. The van der Waals surface area contributed by atoms with Gasteiger partial charge in [0.15, 0.2) is 0 Å². The molecule has 0 bridgehead atoms. The molecule has 3 unspecified atom stereocenters. The van der Waals surface area contributed by atoms with Gasteiger partial charge in [-0.3, -0.25) is 24.6 Å². The summed E-state index contributed by atoms with van der Waals surface area (Å²) in [5.74, 6) is -0.564. The summed E-state index contributed by atoms with van der Waals surface area (Å²) in [5, 5.41) is 2.34. The van der Waals surface area contributed by atoms with Gasteiger partial charge in [0, 0.05) is 36.2 Å². The quantitative estimate of drug-likeness (QED) is 0.348. The van der Waals surface area contributed by atoms with Gasteiger partial charge in [-0.15, -0.1) is 0 Å². The van der Waals surface area contributed by atoms with Crippen LogP contribution in [0.2, 0.25) is 0 Å². The highest BCUT2D eigenvalue weighted by Crippen LogP contribution is 2.44. The van der Waals surface area contributed by atoms with E-state index in [1.807, 2.05) is 6.07 Å². The van der Waals surface area contributed by atoms with Gasteiger partial charge < -0.3 is 9.64 Å². The summed E-state index contributed by atoms with van der Waals surface area (Å²) >= 11 is 0. The van der Waals surface area contributed by atoms with Crippen LogP contribution in [0.1, 0.15) is 77.1 Å². The largest absolute Gasteiger partial charge is 0.489 e. The van der Waals surface area contributed by atoms with Crippen LogP contribution >= 0.6 is 0 Å². The maximum Gasteiger partial charge on any atom is 0.255 e. The molecule has 4 aliphatic rings. The van der Waals surface area contributed by atoms with Crippen molar-refractivity contribution in [2.75, 3.05) is 6.54 Å². The highest BCUT2D eigenvalue weighted by atomic mass is 19.1. The molecule has 1 aliphatic carbocycles. The molecule has 228 valence electrons. The summed E-state index contributed by atoms with van der Waals surface area (Å²) in [6.07, 6.45) is 4.68. The number of imide groups is 1. The first-order valence-electron chi connectivity index (χ1n) is 15.5. The molecule has 7 nitrogen and oxygen atoms in total. The van der Waals surface area contributed by atoms with Crippen molar-refractivity contribution in [3.8, 4) is 5.75 Å². The maximum atomic E-state index is 14.5. The first-order valence-corrected chi connectivity index (χ1v) is 15.5. The van der Waals surface area contributed by atoms with Crippen LogP contribution < -0.4 is 10.1 Å². The van der Waals surface area contributed by atoms with Gasteiger partial charge in [-0.05, 0) is 85.4 Å². The highest BCUT2D eigenvalue weighted by molar-refractivity contribution is 6.05. The van der Waals surface area contributed by atoms with Crippen LogP contribution in [-0.2, 0) is 29.3 Å². The predicted molar refractivity (Wildman–Crippen MR) is 159 cm³/mol. The average molecular weight is 600 g/mol. The summed E-state index contributed by atoms with van der Waals surface area (Å²) < 4.78 is 34.2. The molecule has 0 spiro atoms. The number of carbonyl (C=O) groups excluding carboxylic acids is 3. The van der Waals surface area contributed by atoms with Gasteiger partial charge in [0.1, 0.15) is 30.0 Å². The monoisotopic (exact) mass is 599 g/mol. The normalized spacial score (nSPS) is 23.9. The first kappa shape index (κ1) is 28.6. The molecule has 3 aliphatic heterocycles. The van der Waals surface area contributed by atoms with Gasteiger partial charge in [0.25, 0.3) is 5.91 Å². The third-order valence-electron chi connectivity index (χ3n) is 9.67. The minimum absolute atomic E-state index is 0.114. The number of ether oxygens (including phenoxy) is 1. The number of nitrogens with one attached hydrogen (secondary N) is 1. The lowest BCUT2D eigenvalue weighted by molar-refractivity contribution is -0.136. The Kier molecular flexibility index (Phi) is 7.66. The lowest BCUT2D eigenvalue weighted by Gasteiger charge is -2.40. The molecule has 3 atom stereocenters. The first-order chi connectivity index (χ1) is 21.3. The summed E-state index contributed by atoms with van der Waals surface area (Å²) in [6.45, 7) is 2.30. The van der Waals surface area contributed by atoms with Crippen LogP contribution in [0.25, 0.3) is 0 Å². The zero-order valence-corrected chi connectivity index (χ0v) is 24.4. The van der Waals surface area contributed by atoms with Gasteiger partial charge in [-0.25, -0.2) is 8.78 Å². The van der Waals surface area contributed by atoms with Crippen LogP contribution in [0, 0.1) is 17.6 Å². The van der Waals surface area contributed by atoms with Gasteiger partial charge in [0.2, 0.25) is 11.8 Å². The van der Waals surface area contributed by atoms with E-state index in [0.29, 0.717) is 41.9 Å². The Morgan fingerprint density at radius 3 is 2.45 bits per heavy atom. The van der Waals surface area contributed by atoms with E-state index in [1.165, 1.54) is 29.4 Å². The molecule has 1 saturated carbocycles. The van der Waals surface area contributed by atoms with E-state index in [9.17, 15) is 23.2 Å². The Hall–Kier alpha value is -4.11. The number of likely N-dealkylation sites (tertiary alicyclic amines) is 1. The fraction of sp³-hybridized carbons (Fsp3) is 0.400. The number of carbonyl (C=O) groups is 3. The predicted octanol–water partition coefficient (Wildman–Crippen LogP) is 5.46. The van der Waals surface area contributed by atoms with Crippen molar-refractivity contribution in [3.63, 3.8) is 0 Å². The topological polar surface area (TPSA) is 79.0 Å². The smallest absolute Gasteiger partial charge is 0.255 e. The van der Waals surface area contributed by atoms with Crippen molar-refractivity contribution in [3.05, 3.63) is 100 Å². The summed E-state index contributed by atoms with van der Waals surface area (Å²) in [4.78, 5) is 41.1. The molecule has 3 aromatic carbocycles. The number of halogens is 2. The number of amides is 3. The number of rotatable bonds is 8. The van der Waals surface area contributed by atoms with Crippen molar-refractivity contribution in [1.29, 1.82) is 0 Å². The Morgan fingerprint density at radius 1 is 0.909 bits per heavy atom. The minimum atomic E-state index is -0.664. The number of benzene rings is 3. The second kappa shape index (κ2) is 11.8. The molecule has 9 heteroatoms. The molecular weight excluding hydrogens is 564 g/mol. The van der Waals surface area contributed by atoms with E-state index in [0.717, 1.165) is 43.1 Å². The number of hydrogen-bond acceptors (Lipinski definition) is 5. The molecule has 3 aromatic rings. The summed E-state index contributed by atoms with van der Waals surface area (Å²) in [7, 11) is 0. The molecule has 3 heterocycles. The average Bonchev–Trinajstić information content (AvgIpc) is 3.80. The van der Waals surface area contributed by atoms with Crippen molar-refractivity contribution < 1.29 is 27.9 Å². The number of piperidine rings is 2. The minimum Gasteiger partial charge on any atom is -0.489 e. The van der Waals surface area contributed by atoms with Crippen LogP contribution in [0.15, 0.2) is 60.7 Å². The molecular formula is C35H35F2N3O4. The van der Waals surface area contributed by atoms with E-state index >= 15 is 0 Å². The third-order valence-corrected chi connectivity index (χ3v) is 9.67. The lowest BCUT2D eigenvalue weighted by Crippen LogP contribution is -2.52. The van der Waals surface area contributed by atoms with Crippen LogP contribution in [0.3, 0.4) is 0 Å². The van der Waals surface area contributed by atoms with Gasteiger partial charge in [-0.1, -0.05) is 36.4 Å². The molecule has 0 radical (unpaired) electrons. The van der Waals surface area contributed by atoms with E-state index in [4.69, 9.17) is 4.74 Å². The molecule has 7 rings (SSSR count). The van der Waals surface area contributed by atoms with E-state index in [1.54, 1.807) is 18.2 Å². The van der Waals surface area contributed by atoms with Crippen LogP contribution in [-0.4, -0.2) is 46.1 Å². The zero-order valence-electron chi connectivity index (χ0n) is 24.4. The number of fused-ring (bicyclic) bond motifs is 1. The SMILES string of the molecule is O=C1CCC(N2Cc3c(OCc4ccc(CN5CCC(c6ccc(F)cc6F)CC5C5CC5)cc4)cccc3C2=O)C(=O)N1. The van der Waals surface area contributed by atoms with Gasteiger partial charge in [-0.2, -0.15) is 0 Å². The standard InChI is InChI=1S/C35H35F2N3O4/c36-25-10-11-26(29(37)17-25)24-14-15-39(31(16-24)23-8-9-23)18-21-4-6-22(7-5-21)20-44-32-3-1-2-27-28(32)19-40(35(27)43)30-12-13-33(41)38-34(30)42/h1-7,10-11,17,23-24,30-31H,8-9,12-16,18-20H2,(H,38,41,42). The Balaban J connectivity index is 0.974. The molecule has 2 saturated heterocycles. The maximum absolute atomic E-state index is 14.5. The fourth-order valence-electron chi connectivity index (χ4n) is 7.16. The van der Waals surface area contributed by atoms with E-state index < -0.39 is 23.6 Å². The molecule has 3 fully saturated rings. The number of hydrogen-bond donors (Lipinski definition) is 1. The van der Waals surface area contributed by atoms with Gasteiger partial charge >= 0.3 is 0 Å². The molecule has 3 amide bonds. The van der Waals surface area contributed by atoms with Crippen LogP contribution in [0.5, 0.6) is 5.75 Å². The highest BCUT2D eigenvalue weighted by Gasteiger charge is 2.41. The molecule has 1 N–H and O–H groups in total. The van der Waals surface area contributed by atoms with Crippen molar-refractivity contribution >= 4 is 17.7 Å². The third kappa shape index (κ3) is 5.73. The fourth-order valence-corrected chi connectivity index (χ4v) is 7.16. The summed E-state index contributed by atoms with van der Waals surface area (Å²) in [6, 6.07) is 17.5. The van der Waals surface area contributed by atoms with E-state index in [-0.39, 0.29) is 30.7 Å². The second-order valence-corrected chi connectivity index (χ2v) is 12.5. The zero-order chi connectivity index (χ0) is 30.4. The van der Waals surface area contributed by atoms with Crippen molar-refractivity contribution in [2.24, 2.45) is 5.92 Å². The van der Waals surface area contributed by atoms with Crippen molar-refractivity contribution in [1.82, 2.24) is 15.1 Å². The second-order valence-electron chi connectivity index (χ2n) is 12.5. The van der Waals surface area contributed by atoms with Gasteiger partial charge in [0.05, 0.1) is 6.54 Å². The summed E-state index contributed by atoms with van der Waals surface area (Å²) in [5.41, 5.74) is 4.13. The Morgan fingerprint density at radius 2 is 1.70 bits per heavy atom. The lowest BCUT2D eigenvalue weighted by atomic mass is 9.83. The Labute approximate surface area is 255 Å².